The van der Waals surface area contributed by atoms with Crippen LogP contribution in [0.4, 0.5) is 0 Å². The first-order valence-corrected chi connectivity index (χ1v) is 14.6. The van der Waals surface area contributed by atoms with Gasteiger partial charge in [-0.1, -0.05) is 31.7 Å². The quantitative estimate of drug-likeness (QED) is 0.245. The summed E-state index contributed by atoms with van der Waals surface area (Å²) >= 11 is 0. The van der Waals surface area contributed by atoms with Gasteiger partial charge in [0.2, 0.25) is 0 Å². The normalized spacial score (nSPS) is 35.1. The van der Waals surface area contributed by atoms with E-state index in [4.69, 9.17) is 18.9 Å². The number of esters is 4. The summed E-state index contributed by atoms with van der Waals surface area (Å²) in [5.41, 5.74) is -4.09. The van der Waals surface area contributed by atoms with Crippen molar-refractivity contribution in [2.45, 2.75) is 104 Å². The summed E-state index contributed by atoms with van der Waals surface area (Å²) < 4.78 is 24.1. The second kappa shape index (κ2) is 11.8. The maximum atomic E-state index is 13.7. The van der Waals surface area contributed by atoms with E-state index in [9.17, 15) is 34.5 Å². The second-order valence-corrected chi connectivity index (χ2v) is 12.9. The van der Waals surface area contributed by atoms with Crippen LogP contribution in [0.1, 0.15) is 71.7 Å². The van der Waals surface area contributed by atoms with E-state index in [-0.39, 0.29) is 29.6 Å². The average molecular weight is 615 g/mol. The van der Waals surface area contributed by atoms with E-state index in [1.807, 2.05) is 0 Å². The molecule has 0 heterocycles. The van der Waals surface area contributed by atoms with Gasteiger partial charge in [0, 0.05) is 33.1 Å². The molecule has 1 aromatic rings. The van der Waals surface area contributed by atoms with E-state index in [0.29, 0.717) is 5.57 Å². The fraction of sp³-hybridized carbons (Fsp3) is 0.576. The molecule has 3 aliphatic rings. The van der Waals surface area contributed by atoms with Crippen molar-refractivity contribution in [2.24, 2.45) is 16.7 Å². The van der Waals surface area contributed by atoms with Crippen molar-refractivity contribution >= 4 is 23.9 Å². The first-order chi connectivity index (χ1) is 20.4. The van der Waals surface area contributed by atoms with Crippen LogP contribution in [0.15, 0.2) is 53.6 Å². The molecule has 9 atom stereocenters. The zero-order valence-corrected chi connectivity index (χ0v) is 26.2. The SMILES string of the molecule is C=C1C2[C@H](OC(C)=O)[C@]3(C(C)(C)O)C[C@H](O)C(C)=C3[C@@H](OC(=O)c3ccccc3)[C@H](OC(C)=O)[C@@]2(C)[C@@H](OC(C)=O)C[C@@H]1O. The molecule has 11 heteroatoms. The minimum absolute atomic E-state index is 0.147. The Morgan fingerprint density at radius 3 is 1.95 bits per heavy atom. The molecule has 4 rings (SSSR count). The topological polar surface area (TPSA) is 166 Å². The number of aliphatic hydroxyl groups is 3. The van der Waals surface area contributed by atoms with E-state index in [2.05, 4.69) is 6.58 Å². The van der Waals surface area contributed by atoms with Gasteiger partial charge in [-0.15, -0.1) is 0 Å². The van der Waals surface area contributed by atoms with E-state index in [0.717, 1.165) is 0 Å². The number of carbonyl (C=O) groups is 4. The van der Waals surface area contributed by atoms with Crippen molar-refractivity contribution in [3.8, 4) is 0 Å². The molecular weight excluding hydrogens is 572 g/mol. The number of benzene rings is 1. The van der Waals surface area contributed by atoms with E-state index >= 15 is 0 Å². The Kier molecular flexibility index (Phi) is 8.91. The average Bonchev–Trinajstić information content (AvgIpc) is 3.15. The Labute approximate surface area is 256 Å². The maximum absolute atomic E-state index is 13.7. The van der Waals surface area contributed by atoms with Gasteiger partial charge in [0.05, 0.1) is 34.2 Å². The summed E-state index contributed by atoms with van der Waals surface area (Å²) in [4.78, 5) is 51.9. The lowest BCUT2D eigenvalue weighted by molar-refractivity contribution is -0.214. The predicted octanol–water partition coefficient (Wildman–Crippen LogP) is 2.80. The van der Waals surface area contributed by atoms with E-state index in [1.165, 1.54) is 34.6 Å². The summed E-state index contributed by atoms with van der Waals surface area (Å²) in [6.45, 7) is 13.9. The predicted molar refractivity (Wildman–Crippen MR) is 156 cm³/mol. The molecule has 2 fully saturated rings. The number of hydrogen-bond donors (Lipinski definition) is 3. The van der Waals surface area contributed by atoms with Crippen molar-refractivity contribution in [1.82, 2.24) is 0 Å². The Morgan fingerprint density at radius 1 is 0.886 bits per heavy atom. The first kappa shape index (κ1) is 33.4. The molecule has 3 aliphatic carbocycles. The Hall–Kier alpha value is -3.54. The Balaban J connectivity index is 2.16. The molecule has 0 aliphatic heterocycles. The van der Waals surface area contributed by atoms with E-state index < -0.39 is 82.8 Å². The van der Waals surface area contributed by atoms with Crippen molar-refractivity contribution in [1.29, 1.82) is 0 Å². The zero-order valence-electron chi connectivity index (χ0n) is 26.2. The highest BCUT2D eigenvalue weighted by Crippen LogP contribution is 2.66. The van der Waals surface area contributed by atoms with Crippen LogP contribution in [-0.2, 0) is 33.3 Å². The van der Waals surface area contributed by atoms with Gasteiger partial charge in [-0.2, -0.15) is 0 Å². The van der Waals surface area contributed by atoms with Gasteiger partial charge in [-0.25, -0.2) is 4.79 Å². The monoisotopic (exact) mass is 614 g/mol. The van der Waals surface area contributed by atoms with Crippen molar-refractivity contribution in [3.63, 3.8) is 0 Å². The molecule has 1 aromatic carbocycles. The fourth-order valence-electron chi connectivity index (χ4n) is 7.80. The molecule has 44 heavy (non-hydrogen) atoms. The number of ether oxygens (including phenoxy) is 4. The van der Waals surface area contributed by atoms with Crippen LogP contribution in [0, 0.1) is 16.7 Å². The van der Waals surface area contributed by atoms with Crippen molar-refractivity contribution < 1.29 is 53.4 Å². The highest BCUT2D eigenvalue weighted by atomic mass is 16.6. The molecule has 2 saturated carbocycles. The van der Waals surface area contributed by atoms with Crippen LogP contribution in [0.2, 0.25) is 0 Å². The van der Waals surface area contributed by atoms with Gasteiger partial charge in [0.1, 0.15) is 12.2 Å². The molecule has 3 N–H and O–H groups in total. The fourth-order valence-corrected chi connectivity index (χ4v) is 7.80. The van der Waals surface area contributed by atoms with Crippen LogP contribution < -0.4 is 0 Å². The van der Waals surface area contributed by atoms with Gasteiger partial charge in [0.25, 0.3) is 0 Å². The van der Waals surface area contributed by atoms with Crippen LogP contribution in [0.5, 0.6) is 0 Å². The molecule has 240 valence electrons. The summed E-state index contributed by atoms with van der Waals surface area (Å²) in [5.74, 6) is -4.11. The number of carbonyl (C=O) groups excluding carboxylic acids is 4. The van der Waals surface area contributed by atoms with Crippen molar-refractivity contribution in [2.75, 3.05) is 0 Å². The van der Waals surface area contributed by atoms with Crippen molar-refractivity contribution in [3.05, 3.63) is 59.2 Å². The highest BCUT2D eigenvalue weighted by molar-refractivity contribution is 5.89. The molecule has 0 aromatic heterocycles. The third-order valence-corrected chi connectivity index (χ3v) is 9.74. The molecule has 0 amide bonds. The maximum Gasteiger partial charge on any atom is 0.338 e. The Bertz CT molecular complexity index is 1380. The molecule has 1 unspecified atom stereocenters. The van der Waals surface area contributed by atoms with Gasteiger partial charge >= 0.3 is 23.9 Å². The smallest absolute Gasteiger partial charge is 0.338 e. The lowest BCUT2D eigenvalue weighted by Crippen LogP contribution is -2.63. The standard InChI is InChI=1S/C33H42O11/c1-16-22(37)14-24(41-18(3)34)32(8)26(16)28(42-19(4)35)33(31(6,7)40)15-23(38)17(2)25(33)27(29(32)43-20(5)36)44-30(39)21-12-10-9-11-13-21/h9-13,22-24,26-29,37-38,40H,1,14-15H2,2-8H3/t22-,23-,24-,26?,27+,28-,29-,32-,33-/m0/s1. The second-order valence-electron chi connectivity index (χ2n) is 12.9. The molecule has 11 nitrogen and oxygen atoms in total. The first-order valence-electron chi connectivity index (χ1n) is 14.6. The van der Waals surface area contributed by atoms with Crippen LogP contribution in [0.25, 0.3) is 0 Å². The highest BCUT2D eigenvalue weighted by Gasteiger charge is 2.73. The van der Waals surface area contributed by atoms with Gasteiger partial charge in [0.15, 0.2) is 12.2 Å². The summed E-state index contributed by atoms with van der Waals surface area (Å²) in [6, 6.07) is 8.10. The number of fused-ring (bicyclic) bond motifs is 2. The summed E-state index contributed by atoms with van der Waals surface area (Å²) in [5, 5.41) is 34.7. The van der Waals surface area contributed by atoms with Crippen LogP contribution in [-0.4, -0.2) is 81.4 Å². The molecule has 0 saturated heterocycles. The molecule has 0 radical (unpaired) electrons. The molecule has 0 spiro atoms. The summed E-state index contributed by atoms with van der Waals surface area (Å²) in [6.07, 6.45) is -8.16. The lowest BCUT2D eigenvalue weighted by atomic mass is 9.54. The molecule has 0 bridgehead atoms. The number of aliphatic hydroxyl groups excluding tert-OH is 2. The minimum Gasteiger partial charge on any atom is -0.462 e. The van der Waals surface area contributed by atoms with Crippen LogP contribution >= 0.6 is 0 Å². The zero-order chi connectivity index (χ0) is 32.9. The number of rotatable bonds is 6. The number of hydrogen-bond acceptors (Lipinski definition) is 11. The molecular formula is C33H42O11. The van der Waals surface area contributed by atoms with Gasteiger partial charge in [-0.3, -0.25) is 14.4 Å². The third-order valence-electron chi connectivity index (χ3n) is 9.74. The van der Waals surface area contributed by atoms with Gasteiger partial charge in [-0.05, 0) is 56.0 Å². The van der Waals surface area contributed by atoms with E-state index in [1.54, 1.807) is 44.2 Å². The van der Waals surface area contributed by atoms with Crippen LogP contribution in [0.3, 0.4) is 0 Å². The third kappa shape index (κ3) is 5.35. The summed E-state index contributed by atoms with van der Waals surface area (Å²) in [7, 11) is 0. The lowest BCUT2D eigenvalue weighted by Gasteiger charge is -2.55. The largest absolute Gasteiger partial charge is 0.462 e. The van der Waals surface area contributed by atoms with Gasteiger partial charge < -0.3 is 34.3 Å². The Morgan fingerprint density at radius 2 is 1.43 bits per heavy atom. The minimum atomic E-state index is -1.77.